The molecule has 0 saturated carbocycles. The molecule has 2 amide bonds. The Morgan fingerprint density at radius 2 is 1.62 bits per heavy atom. The summed E-state index contributed by atoms with van der Waals surface area (Å²) in [6.45, 7) is 6.12. The Morgan fingerprint density at radius 3 is 2.25 bits per heavy atom. The first kappa shape index (κ1) is 31.2. The van der Waals surface area contributed by atoms with Crippen molar-refractivity contribution < 1.29 is 18.0 Å². The second-order valence-corrected chi connectivity index (χ2v) is 12.6. The third-order valence-corrected chi connectivity index (χ3v) is 7.98. The molecule has 0 aliphatic rings. The number of hydrogen-bond acceptors (Lipinski definition) is 4. The molecule has 3 aromatic rings. The van der Waals surface area contributed by atoms with Gasteiger partial charge in [-0.3, -0.25) is 13.9 Å². The Labute approximate surface area is 243 Å². The molecule has 0 bridgehead atoms. The molecule has 0 spiro atoms. The van der Waals surface area contributed by atoms with Crippen molar-refractivity contribution in [1.29, 1.82) is 0 Å². The van der Waals surface area contributed by atoms with Crippen LogP contribution >= 0.6 is 11.6 Å². The molecule has 0 aliphatic carbocycles. The number of amides is 2. The van der Waals surface area contributed by atoms with E-state index in [9.17, 15) is 18.0 Å². The minimum absolute atomic E-state index is 0.0682. The van der Waals surface area contributed by atoms with Crippen molar-refractivity contribution >= 4 is 39.1 Å². The van der Waals surface area contributed by atoms with Crippen LogP contribution in [0.4, 0.5) is 5.69 Å². The zero-order valence-electron chi connectivity index (χ0n) is 23.5. The highest BCUT2D eigenvalue weighted by atomic mass is 35.5. The quantitative estimate of drug-likeness (QED) is 0.293. The van der Waals surface area contributed by atoms with E-state index in [1.54, 1.807) is 29.2 Å². The van der Waals surface area contributed by atoms with Gasteiger partial charge in [-0.25, -0.2) is 8.42 Å². The van der Waals surface area contributed by atoms with Gasteiger partial charge in [0.15, 0.2) is 0 Å². The van der Waals surface area contributed by atoms with Crippen LogP contribution < -0.4 is 9.62 Å². The zero-order valence-corrected chi connectivity index (χ0v) is 25.1. The fourth-order valence-electron chi connectivity index (χ4n) is 4.54. The van der Waals surface area contributed by atoms with Gasteiger partial charge in [0, 0.05) is 37.0 Å². The summed E-state index contributed by atoms with van der Waals surface area (Å²) in [7, 11) is -3.61. The molecule has 0 aromatic heterocycles. The van der Waals surface area contributed by atoms with E-state index >= 15 is 0 Å². The van der Waals surface area contributed by atoms with Gasteiger partial charge in [0.25, 0.3) is 0 Å². The minimum atomic E-state index is -3.61. The van der Waals surface area contributed by atoms with E-state index in [1.807, 2.05) is 75.4 Å². The van der Waals surface area contributed by atoms with E-state index in [0.29, 0.717) is 17.1 Å². The molecule has 0 aliphatic heterocycles. The van der Waals surface area contributed by atoms with E-state index in [0.717, 1.165) is 22.9 Å². The summed E-state index contributed by atoms with van der Waals surface area (Å²) >= 11 is 6.10. The molecule has 3 rings (SSSR count). The Hall–Kier alpha value is -3.36. The number of anilines is 1. The molecule has 1 atom stereocenters. The maximum atomic E-state index is 13.9. The van der Waals surface area contributed by atoms with Crippen LogP contribution in [0.15, 0.2) is 78.9 Å². The summed E-state index contributed by atoms with van der Waals surface area (Å²) in [5.74, 6) is -0.444. The predicted molar refractivity (Wildman–Crippen MR) is 162 cm³/mol. The maximum Gasteiger partial charge on any atom is 0.243 e. The Morgan fingerprint density at radius 1 is 0.950 bits per heavy atom. The monoisotopic (exact) mass is 583 g/mol. The van der Waals surface area contributed by atoms with E-state index in [4.69, 9.17) is 11.6 Å². The molecule has 214 valence electrons. The number of halogens is 1. The van der Waals surface area contributed by atoms with E-state index in [-0.39, 0.29) is 43.8 Å². The summed E-state index contributed by atoms with van der Waals surface area (Å²) < 4.78 is 26.4. The predicted octanol–water partition coefficient (Wildman–Crippen LogP) is 5.36. The number of nitrogens with one attached hydrogen (secondary N) is 1. The first-order valence-corrected chi connectivity index (χ1v) is 15.6. The molecular weight excluding hydrogens is 546 g/mol. The van der Waals surface area contributed by atoms with Crippen molar-refractivity contribution in [2.75, 3.05) is 17.1 Å². The van der Waals surface area contributed by atoms with Gasteiger partial charge in [-0.1, -0.05) is 72.3 Å². The van der Waals surface area contributed by atoms with Crippen molar-refractivity contribution in [1.82, 2.24) is 10.2 Å². The maximum absolute atomic E-state index is 13.9. The number of benzene rings is 3. The van der Waals surface area contributed by atoms with Crippen LogP contribution in [0.3, 0.4) is 0 Å². The SMILES string of the molecule is Cc1ccccc1CN(C(=O)CCCN(c1cccc(Cl)c1)S(C)(=O)=O)C(Cc1ccccc1)C(=O)NC(C)C. The van der Waals surface area contributed by atoms with Gasteiger partial charge >= 0.3 is 0 Å². The highest BCUT2D eigenvalue weighted by Gasteiger charge is 2.31. The molecule has 1 N–H and O–H groups in total. The number of carbonyl (C=O) groups is 2. The first-order valence-electron chi connectivity index (χ1n) is 13.4. The number of carbonyl (C=O) groups excluding carboxylic acids is 2. The fraction of sp³-hybridized carbons (Fsp3) is 0.355. The number of nitrogens with zero attached hydrogens (tertiary/aromatic N) is 2. The average molecular weight is 584 g/mol. The standard InChI is InChI=1S/C31H38ClN3O4S/c1-23(2)33-31(37)29(20-25-13-6-5-7-14-25)34(22-26-15-9-8-12-24(26)3)30(36)18-11-19-35(40(4,38)39)28-17-10-16-27(32)21-28/h5-10,12-17,21,23,29H,11,18-20,22H2,1-4H3,(H,33,37). The average Bonchev–Trinajstić information content (AvgIpc) is 2.89. The van der Waals surface area contributed by atoms with E-state index in [2.05, 4.69) is 5.32 Å². The van der Waals surface area contributed by atoms with Crippen LogP contribution in [0.25, 0.3) is 0 Å². The molecule has 7 nitrogen and oxygen atoms in total. The third-order valence-electron chi connectivity index (χ3n) is 6.55. The van der Waals surface area contributed by atoms with Crippen LogP contribution in [0.2, 0.25) is 5.02 Å². The summed E-state index contributed by atoms with van der Waals surface area (Å²) in [6, 6.07) is 23.2. The molecule has 40 heavy (non-hydrogen) atoms. The van der Waals surface area contributed by atoms with Crippen LogP contribution in [-0.4, -0.2) is 50.0 Å². The molecule has 0 saturated heterocycles. The summed E-state index contributed by atoms with van der Waals surface area (Å²) in [5, 5.41) is 3.41. The summed E-state index contributed by atoms with van der Waals surface area (Å²) in [6.07, 6.45) is 1.83. The van der Waals surface area contributed by atoms with Crippen LogP contribution in [-0.2, 0) is 32.6 Å². The first-order chi connectivity index (χ1) is 19.0. The molecule has 9 heteroatoms. The van der Waals surface area contributed by atoms with Crippen molar-refractivity contribution in [3.63, 3.8) is 0 Å². The van der Waals surface area contributed by atoms with Crippen molar-refractivity contribution in [3.8, 4) is 0 Å². The second kappa shape index (κ2) is 14.3. The largest absolute Gasteiger partial charge is 0.352 e. The van der Waals surface area contributed by atoms with E-state index in [1.165, 1.54) is 4.31 Å². The smallest absolute Gasteiger partial charge is 0.243 e. The third kappa shape index (κ3) is 9.10. The van der Waals surface area contributed by atoms with Crippen molar-refractivity contribution in [2.24, 2.45) is 0 Å². The molecule has 0 fully saturated rings. The number of sulfonamides is 1. The lowest BCUT2D eigenvalue weighted by atomic mass is 10.0. The number of hydrogen-bond donors (Lipinski definition) is 1. The highest BCUT2D eigenvalue weighted by molar-refractivity contribution is 7.92. The van der Waals surface area contributed by atoms with Gasteiger partial charge in [0.2, 0.25) is 21.8 Å². The molecule has 3 aromatic carbocycles. The van der Waals surface area contributed by atoms with Crippen LogP contribution in [0.5, 0.6) is 0 Å². The normalized spacial score (nSPS) is 12.2. The zero-order chi connectivity index (χ0) is 29.3. The van der Waals surface area contributed by atoms with Crippen molar-refractivity contribution in [2.45, 2.75) is 58.7 Å². The van der Waals surface area contributed by atoms with Gasteiger partial charge in [0.1, 0.15) is 6.04 Å². The van der Waals surface area contributed by atoms with Crippen LogP contribution in [0, 0.1) is 6.92 Å². The second-order valence-electron chi connectivity index (χ2n) is 10.2. The Kier molecular flexibility index (Phi) is 11.2. The van der Waals surface area contributed by atoms with Gasteiger partial charge in [-0.15, -0.1) is 0 Å². The van der Waals surface area contributed by atoms with Gasteiger partial charge in [0.05, 0.1) is 11.9 Å². The molecule has 0 radical (unpaired) electrons. The topological polar surface area (TPSA) is 86.8 Å². The Bertz CT molecular complexity index is 1400. The highest BCUT2D eigenvalue weighted by Crippen LogP contribution is 2.23. The fourth-order valence-corrected chi connectivity index (χ4v) is 5.68. The molecule has 0 heterocycles. The molecular formula is C31H38ClN3O4S. The van der Waals surface area contributed by atoms with Crippen LogP contribution in [0.1, 0.15) is 43.4 Å². The van der Waals surface area contributed by atoms with Gasteiger partial charge in [-0.2, -0.15) is 0 Å². The van der Waals surface area contributed by atoms with Crippen molar-refractivity contribution in [3.05, 3.63) is 101 Å². The lowest BCUT2D eigenvalue weighted by molar-refractivity contribution is -0.141. The Balaban J connectivity index is 1.89. The number of aryl methyl sites for hydroxylation is 1. The van der Waals surface area contributed by atoms with E-state index < -0.39 is 16.1 Å². The number of rotatable bonds is 13. The molecule has 1 unspecified atom stereocenters. The summed E-state index contributed by atoms with van der Waals surface area (Å²) in [4.78, 5) is 29.0. The lowest BCUT2D eigenvalue weighted by Crippen LogP contribution is -2.52. The van der Waals surface area contributed by atoms with Gasteiger partial charge in [-0.05, 0) is 62.1 Å². The lowest BCUT2D eigenvalue weighted by Gasteiger charge is -2.33. The van der Waals surface area contributed by atoms with Gasteiger partial charge < -0.3 is 10.2 Å². The summed E-state index contributed by atoms with van der Waals surface area (Å²) in [5.41, 5.74) is 3.35. The minimum Gasteiger partial charge on any atom is -0.352 e.